The van der Waals surface area contributed by atoms with Crippen LogP contribution in [0.1, 0.15) is 10.4 Å². The van der Waals surface area contributed by atoms with Crippen molar-refractivity contribution in [2.75, 3.05) is 0 Å². The summed E-state index contributed by atoms with van der Waals surface area (Å²) in [7, 11) is -3.63. The zero-order chi connectivity index (χ0) is 11.1. The Kier molecular flexibility index (Phi) is 8.57. The van der Waals surface area contributed by atoms with E-state index in [1.165, 1.54) is 24.3 Å². The zero-order valence-electron chi connectivity index (χ0n) is 7.38. The molecule has 0 fully saturated rings. The van der Waals surface area contributed by atoms with Crippen molar-refractivity contribution in [3.63, 3.8) is 0 Å². The van der Waals surface area contributed by atoms with Gasteiger partial charge in [0.05, 0.1) is 5.56 Å². The molecule has 0 bridgehead atoms. The van der Waals surface area contributed by atoms with Gasteiger partial charge in [0.25, 0.3) is 0 Å². The molecule has 1 N–H and O–H groups in total. The molecule has 1 aromatic carbocycles. The summed E-state index contributed by atoms with van der Waals surface area (Å²) in [5.74, 6) is -1.19. The van der Waals surface area contributed by atoms with Crippen LogP contribution < -0.4 is 14.7 Å². The summed E-state index contributed by atoms with van der Waals surface area (Å²) in [6.45, 7) is 0. The van der Waals surface area contributed by atoms with Crippen LogP contribution in [-0.2, 0) is 4.46 Å². The van der Waals surface area contributed by atoms with E-state index >= 15 is 0 Å². The van der Waals surface area contributed by atoms with E-state index in [0.717, 1.165) is 0 Å². The average Bonchev–Trinajstić information content (AvgIpc) is 2.03. The Bertz CT molecular complexity index is 321. The minimum atomic E-state index is -3.63. The summed E-state index contributed by atoms with van der Waals surface area (Å²) in [5, 5.41) is 18.8. The van der Waals surface area contributed by atoms with E-state index in [9.17, 15) is 9.90 Å². The summed E-state index contributed by atoms with van der Waals surface area (Å²) in [6, 6.07) is 5.02. The first-order valence-electron chi connectivity index (χ1n) is 3.32. The first-order valence-corrected chi connectivity index (χ1v) is 4.54. The molecule has 0 aliphatic rings. The monoisotopic (exact) mass is 240 g/mol. The largest absolute Gasteiger partial charge is 3.00 e. The molecule has 0 aromatic heterocycles. The topological polar surface area (TPSA) is 124 Å². The van der Waals surface area contributed by atoms with Crippen molar-refractivity contribution in [1.82, 2.24) is 0 Å². The molecule has 0 amide bonds. The Morgan fingerprint density at radius 2 is 1.53 bits per heavy atom. The molecular weight excluding hydrogens is 235 g/mol. The van der Waals surface area contributed by atoms with Crippen LogP contribution >= 0.6 is 0 Å². The molecule has 0 aliphatic carbocycles. The minimum Gasteiger partial charge on any atom is -0.872 e. The fourth-order valence-corrected chi connectivity index (χ4v) is 0.598. The zero-order valence-corrected chi connectivity index (χ0v) is 9.53. The van der Waals surface area contributed by atoms with Gasteiger partial charge in [0.2, 0.25) is 0 Å². The standard InChI is InChI=1S/C7H6O3.Al.O3Si/c8-6-3-1-5(2-4-6)7(9)10;;1-4(2)3/h1-4,8H,(H,9,10);;/q;+3;-2/p-1. The fourth-order valence-electron chi connectivity index (χ4n) is 0.598. The molecule has 0 saturated carbocycles. The van der Waals surface area contributed by atoms with Crippen molar-refractivity contribution in [3.8, 4) is 5.75 Å². The second-order valence-corrected chi connectivity index (χ2v) is 2.58. The number of hydrogen-bond donors (Lipinski definition) is 1. The van der Waals surface area contributed by atoms with E-state index in [0.29, 0.717) is 0 Å². The van der Waals surface area contributed by atoms with Gasteiger partial charge in [-0.05, 0) is 12.1 Å². The first kappa shape index (κ1) is 16.1. The normalized spacial score (nSPS) is 7.73. The van der Waals surface area contributed by atoms with Crippen molar-refractivity contribution in [2.24, 2.45) is 0 Å². The third-order valence-electron chi connectivity index (χ3n) is 1.10. The van der Waals surface area contributed by atoms with Crippen molar-refractivity contribution in [2.45, 2.75) is 0 Å². The second-order valence-electron chi connectivity index (χ2n) is 2.08. The predicted molar refractivity (Wildman–Crippen MR) is 45.0 cm³/mol. The van der Waals surface area contributed by atoms with Gasteiger partial charge in [0.15, 0.2) is 0 Å². The molecule has 76 valence electrons. The molecule has 8 heteroatoms. The van der Waals surface area contributed by atoms with Gasteiger partial charge in [-0.1, -0.05) is 12.1 Å². The Balaban J connectivity index is 0. The maximum atomic E-state index is 10.5. The molecule has 0 aliphatic heterocycles. The molecule has 15 heavy (non-hydrogen) atoms. The van der Waals surface area contributed by atoms with E-state index in [-0.39, 0.29) is 28.7 Å². The molecule has 0 radical (unpaired) electrons. The molecule has 1 rings (SSSR count). The summed E-state index contributed by atoms with van der Waals surface area (Å²) in [4.78, 5) is 27.2. The van der Waals surface area contributed by atoms with Gasteiger partial charge in [-0.15, -0.1) is 5.75 Å². The SMILES string of the molecule is O=C(O)c1ccc([O-])cc1.O=[Si]([O-])[O-].[Al+3]. The Hall–Kier alpha value is -1.36. The minimum absolute atomic E-state index is 0. The third kappa shape index (κ3) is 8.96. The van der Waals surface area contributed by atoms with Crippen molar-refractivity contribution in [3.05, 3.63) is 29.8 Å². The van der Waals surface area contributed by atoms with Gasteiger partial charge in [-0.25, -0.2) is 4.79 Å². The van der Waals surface area contributed by atoms with Gasteiger partial charge >= 0.3 is 23.3 Å². The maximum Gasteiger partial charge on any atom is 3.00 e. The molecular formula is C7H5AlO6Si. The first-order chi connectivity index (χ1) is 6.43. The van der Waals surface area contributed by atoms with Gasteiger partial charge in [0, 0.05) is 9.17 Å². The third-order valence-corrected chi connectivity index (χ3v) is 1.10. The van der Waals surface area contributed by atoms with E-state index in [2.05, 4.69) is 0 Å². The van der Waals surface area contributed by atoms with Crippen molar-refractivity contribution >= 4 is 32.5 Å². The molecule has 0 unspecified atom stereocenters. The summed E-state index contributed by atoms with van der Waals surface area (Å²) in [6.07, 6.45) is 0. The predicted octanol–water partition coefficient (Wildman–Crippen LogP) is -2.80. The van der Waals surface area contributed by atoms with E-state index in [1.54, 1.807) is 0 Å². The van der Waals surface area contributed by atoms with Gasteiger partial charge in [-0.3, -0.25) is 0 Å². The Labute approximate surface area is 97.5 Å². The van der Waals surface area contributed by atoms with Crippen LogP contribution in [-0.4, -0.2) is 37.6 Å². The molecule has 6 nitrogen and oxygen atoms in total. The Morgan fingerprint density at radius 3 is 1.80 bits per heavy atom. The van der Waals surface area contributed by atoms with Crippen LogP contribution in [0.5, 0.6) is 5.75 Å². The molecule has 0 spiro atoms. The average molecular weight is 240 g/mol. The van der Waals surface area contributed by atoms with Crippen LogP contribution in [0.25, 0.3) is 0 Å². The van der Waals surface area contributed by atoms with Gasteiger partial charge in [-0.2, -0.15) is 0 Å². The maximum absolute atomic E-state index is 10.5. The van der Waals surface area contributed by atoms with Crippen molar-refractivity contribution in [1.29, 1.82) is 0 Å². The molecule has 0 heterocycles. The smallest absolute Gasteiger partial charge is 0.872 e. The Morgan fingerprint density at radius 1 is 1.20 bits per heavy atom. The van der Waals surface area contributed by atoms with Gasteiger partial charge in [0.1, 0.15) is 0 Å². The number of carboxylic acids is 1. The van der Waals surface area contributed by atoms with Crippen LogP contribution in [0, 0.1) is 0 Å². The van der Waals surface area contributed by atoms with Crippen molar-refractivity contribution < 1.29 is 29.1 Å². The fraction of sp³-hybridized carbons (Fsp3) is 0. The quantitative estimate of drug-likeness (QED) is 0.529. The number of rotatable bonds is 1. The number of benzene rings is 1. The van der Waals surface area contributed by atoms with E-state index in [4.69, 9.17) is 19.2 Å². The number of hydrogen-bond acceptors (Lipinski definition) is 5. The van der Waals surface area contributed by atoms with Gasteiger partial charge < -0.3 is 24.3 Å². The van der Waals surface area contributed by atoms with Crippen LogP contribution in [0.3, 0.4) is 0 Å². The van der Waals surface area contributed by atoms with Crippen LogP contribution in [0.15, 0.2) is 24.3 Å². The second kappa shape index (κ2) is 7.99. The molecule has 1 aromatic rings. The van der Waals surface area contributed by atoms with Crippen LogP contribution in [0.4, 0.5) is 0 Å². The number of aromatic carboxylic acids is 1. The number of carboxylic acid groups (broad SMARTS) is 1. The summed E-state index contributed by atoms with van der Waals surface area (Å²) >= 11 is 0. The molecule has 0 saturated heterocycles. The number of carbonyl (C=O) groups is 1. The van der Waals surface area contributed by atoms with Crippen LogP contribution in [0.2, 0.25) is 0 Å². The van der Waals surface area contributed by atoms with E-state index in [1.807, 2.05) is 0 Å². The van der Waals surface area contributed by atoms with E-state index < -0.39 is 15.1 Å². The molecule has 0 atom stereocenters. The summed E-state index contributed by atoms with van der Waals surface area (Å²) in [5.41, 5.74) is 0.139. The summed E-state index contributed by atoms with van der Waals surface area (Å²) < 4.78 is 8.52.